The zero-order valence-corrected chi connectivity index (χ0v) is 21.0. The number of hydrogen-bond donors (Lipinski definition) is 1. The van der Waals surface area contributed by atoms with E-state index in [4.69, 9.17) is 9.72 Å². The Morgan fingerprint density at radius 1 is 1.20 bits per heavy atom. The molecular formula is C29H38N4O2. The van der Waals surface area contributed by atoms with E-state index in [1.54, 1.807) is 0 Å². The monoisotopic (exact) mass is 474 g/mol. The Morgan fingerprint density at radius 2 is 2.06 bits per heavy atom. The molecule has 35 heavy (non-hydrogen) atoms. The third-order valence-corrected chi connectivity index (χ3v) is 8.52. The molecule has 4 heterocycles. The number of fused-ring (bicyclic) bond motifs is 1. The summed E-state index contributed by atoms with van der Waals surface area (Å²) in [5.41, 5.74) is 5.67. The topological polar surface area (TPSA) is 57.7 Å². The Labute approximate surface area is 209 Å². The van der Waals surface area contributed by atoms with Crippen LogP contribution in [0.1, 0.15) is 66.3 Å². The van der Waals surface area contributed by atoms with Crippen molar-refractivity contribution in [1.82, 2.24) is 14.8 Å². The largest absolute Gasteiger partial charge is 0.469 e. The van der Waals surface area contributed by atoms with Crippen LogP contribution >= 0.6 is 0 Å². The fraction of sp³-hybridized carbons (Fsp3) is 0.586. The molecule has 2 saturated heterocycles. The van der Waals surface area contributed by atoms with E-state index in [0.29, 0.717) is 11.8 Å². The molecule has 3 fully saturated rings. The SMILES string of the molecule is COC(=O)C[C@H](CN1CC2(CCN(Cc3ccc4c(n3)NCCC4)C2)C1)c1cccc(C2CC2)c1. The van der Waals surface area contributed by atoms with Gasteiger partial charge in [-0.3, -0.25) is 9.69 Å². The fourth-order valence-electron chi connectivity index (χ4n) is 6.51. The highest BCUT2D eigenvalue weighted by Crippen LogP contribution is 2.43. The first-order chi connectivity index (χ1) is 17.1. The smallest absolute Gasteiger partial charge is 0.306 e. The van der Waals surface area contributed by atoms with Crippen molar-refractivity contribution in [3.8, 4) is 0 Å². The van der Waals surface area contributed by atoms with Crippen molar-refractivity contribution in [2.75, 3.05) is 51.7 Å². The van der Waals surface area contributed by atoms with Gasteiger partial charge in [-0.05, 0) is 67.3 Å². The Balaban J connectivity index is 1.06. The minimum atomic E-state index is -0.110. The molecule has 1 N–H and O–H groups in total. The van der Waals surface area contributed by atoms with E-state index in [1.807, 2.05) is 0 Å². The first-order valence-corrected chi connectivity index (χ1v) is 13.4. The second-order valence-electron chi connectivity index (χ2n) is 11.4. The summed E-state index contributed by atoms with van der Waals surface area (Å²) in [5, 5.41) is 3.47. The van der Waals surface area contributed by atoms with Crippen LogP contribution in [0.4, 0.5) is 5.82 Å². The summed E-state index contributed by atoms with van der Waals surface area (Å²) >= 11 is 0. The number of likely N-dealkylation sites (tertiary alicyclic amines) is 2. The summed E-state index contributed by atoms with van der Waals surface area (Å²) in [7, 11) is 1.50. The van der Waals surface area contributed by atoms with E-state index in [2.05, 4.69) is 51.5 Å². The van der Waals surface area contributed by atoms with Crippen LogP contribution < -0.4 is 5.32 Å². The molecule has 6 nitrogen and oxygen atoms in total. The van der Waals surface area contributed by atoms with Gasteiger partial charge in [0.2, 0.25) is 0 Å². The van der Waals surface area contributed by atoms with Gasteiger partial charge in [-0.25, -0.2) is 4.98 Å². The van der Waals surface area contributed by atoms with Crippen LogP contribution in [0.25, 0.3) is 0 Å². The summed E-state index contributed by atoms with van der Waals surface area (Å²) in [5.74, 6) is 1.91. The zero-order chi connectivity index (χ0) is 23.8. The van der Waals surface area contributed by atoms with E-state index in [1.165, 1.54) is 55.2 Å². The number of pyridine rings is 1. The predicted molar refractivity (Wildman–Crippen MR) is 138 cm³/mol. The number of nitrogens with zero attached hydrogens (tertiary/aromatic N) is 3. The molecular weight excluding hydrogens is 436 g/mol. The van der Waals surface area contributed by atoms with Crippen LogP contribution in [0.5, 0.6) is 0 Å². The number of aromatic nitrogens is 1. The lowest BCUT2D eigenvalue weighted by Crippen LogP contribution is -2.58. The second-order valence-corrected chi connectivity index (χ2v) is 11.4. The van der Waals surface area contributed by atoms with Crippen LogP contribution in [0.15, 0.2) is 36.4 Å². The van der Waals surface area contributed by atoms with Gasteiger partial charge in [0.1, 0.15) is 5.82 Å². The average Bonchev–Trinajstić information content (AvgIpc) is 3.64. The minimum absolute atomic E-state index is 0.110. The van der Waals surface area contributed by atoms with Gasteiger partial charge in [0.15, 0.2) is 0 Å². The van der Waals surface area contributed by atoms with E-state index in [9.17, 15) is 4.79 Å². The van der Waals surface area contributed by atoms with Crippen molar-refractivity contribution < 1.29 is 9.53 Å². The van der Waals surface area contributed by atoms with Gasteiger partial charge in [0.05, 0.1) is 19.2 Å². The number of anilines is 1. The molecule has 2 aromatic rings. The van der Waals surface area contributed by atoms with Crippen LogP contribution in [0.2, 0.25) is 0 Å². The lowest BCUT2D eigenvalue weighted by Gasteiger charge is -2.49. The van der Waals surface area contributed by atoms with Crippen LogP contribution in [-0.4, -0.2) is 67.1 Å². The number of rotatable bonds is 8. The van der Waals surface area contributed by atoms with Gasteiger partial charge in [-0.1, -0.05) is 30.3 Å². The lowest BCUT2D eigenvalue weighted by atomic mass is 9.78. The van der Waals surface area contributed by atoms with Gasteiger partial charge >= 0.3 is 5.97 Å². The number of methoxy groups -OCH3 is 1. The van der Waals surface area contributed by atoms with E-state index >= 15 is 0 Å². The Hall–Kier alpha value is -2.44. The molecule has 0 bridgehead atoms. The fourth-order valence-corrected chi connectivity index (χ4v) is 6.51. The molecule has 3 aliphatic heterocycles. The number of nitrogens with one attached hydrogen (secondary N) is 1. The molecule has 186 valence electrons. The molecule has 0 amide bonds. The number of benzene rings is 1. The van der Waals surface area contributed by atoms with Crippen molar-refractivity contribution in [3.63, 3.8) is 0 Å². The predicted octanol–water partition coefficient (Wildman–Crippen LogP) is 4.17. The summed E-state index contributed by atoms with van der Waals surface area (Å²) in [6.07, 6.45) is 6.65. The standard InChI is InChI=1S/C29H38N4O2/c1-35-27(34)15-25(24-5-2-4-23(14-24)21-7-8-21)16-33-19-29(20-33)11-13-32(18-29)17-26-10-9-22-6-3-12-30-28(22)31-26/h2,4-5,9-10,14,21,25H,3,6-8,11-13,15-20H2,1H3,(H,30,31)/t25-/m1/s1. The number of esters is 1. The number of hydrogen-bond acceptors (Lipinski definition) is 6. The molecule has 1 aromatic carbocycles. The van der Waals surface area contributed by atoms with Crippen LogP contribution in [0, 0.1) is 5.41 Å². The van der Waals surface area contributed by atoms with Gasteiger partial charge < -0.3 is 15.0 Å². The van der Waals surface area contributed by atoms with Gasteiger partial charge in [0.25, 0.3) is 0 Å². The van der Waals surface area contributed by atoms with E-state index in [0.717, 1.165) is 64.0 Å². The van der Waals surface area contributed by atoms with Gasteiger partial charge in [0, 0.05) is 50.6 Å². The highest BCUT2D eigenvalue weighted by atomic mass is 16.5. The zero-order valence-electron chi connectivity index (χ0n) is 21.0. The third-order valence-electron chi connectivity index (χ3n) is 8.52. The molecule has 6 heteroatoms. The maximum absolute atomic E-state index is 12.2. The minimum Gasteiger partial charge on any atom is -0.469 e. The van der Waals surface area contributed by atoms with Crippen LogP contribution in [-0.2, 0) is 22.5 Å². The molecule has 1 spiro atoms. The van der Waals surface area contributed by atoms with Crippen molar-refractivity contribution >= 4 is 11.8 Å². The van der Waals surface area contributed by atoms with Crippen molar-refractivity contribution in [3.05, 3.63) is 58.8 Å². The van der Waals surface area contributed by atoms with Crippen molar-refractivity contribution in [1.29, 1.82) is 0 Å². The first kappa shape index (κ1) is 23.0. The quantitative estimate of drug-likeness (QED) is 0.580. The van der Waals surface area contributed by atoms with E-state index < -0.39 is 0 Å². The molecule has 1 aromatic heterocycles. The number of aryl methyl sites for hydroxylation is 1. The lowest BCUT2D eigenvalue weighted by molar-refractivity contribution is -0.141. The average molecular weight is 475 g/mol. The normalized spacial score (nSPS) is 22.3. The molecule has 0 unspecified atom stereocenters. The van der Waals surface area contributed by atoms with E-state index in [-0.39, 0.29) is 11.9 Å². The Morgan fingerprint density at radius 3 is 2.89 bits per heavy atom. The maximum atomic E-state index is 12.2. The van der Waals surface area contributed by atoms with Crippen molar-refractivity contribution in [2.45, 2.75) is 56.9 Å². The first-order valence-electron chi connectivity index (χ1n) is 13.4. The second kappa shape index (κ2) is 9.55. The maximum Gasteiger partial charge on any atom is 0.306 e. The number of carbonyl (C=O) groups is 1. The molecule has 1 atom stereocenters. The Kier molecular flexibility index (Phi) is 6.27. The third kappa shape index (κ3) is 5.10. The number of carbonyl (C=O) groups excluding carboxylic acids is 1. The molecule has 0 radical (unpaired) electrons. The summed E-state index contributed by atoms with van der Waals surface area (Å²) in [6, 6.07) is 13.4. The highest BCUT2D eigenvalue weighted by molar-refractivity contribution is 5.70. The summed E-state index contributed by atoms with van der Waals surface area (Å²) in [6.45, 7) is 7.46. The van der Waals surface area contributed by atoms with Gasteiger partial charge in [-0.2, -0.15) is 0 Å². The summed E-state index contributed by atoms with van der Waals surface area (Å²) in [4.78, 5) is 22.3. The Bertz CT molecular complexity index is 1080. The van der Waals surface area contributed by atoms with Crippen molar-refractivity contribution in [2.24, 2.45) is 5.41 Å². The van der Waals surface area contributed by atoms with Crippen LogP contribution in [0.3, 0.4) is 0 Å². The molecule has 1 saturated carbocycles. The highest BCUT2D eigenvalue weighted by Gasteiger charge is 2.47. The van der Waals surface area contributed by atoms with Gasteiger partial charge in [-0.15, -0.1) is 0 Å². The molecule has 6 rings (SSSR count). The molecule has 1 aliphatic carbocycles. The molecule has 4 aliphatic rings. The summed E-state index contributed by atoms with van der Waals surface area (Å²) < 4.78 is 5.05. The number of ether oxygens (including phenoxy) is 1.